The lowest BCUT2D eigenvalue weighted by molar-refractivity contribution is -0.137. The van der Waals surface area contributed by atoms with Gasteiger partial charge < -0.3 is 4.74 Å². The topological polar surface area (TPSA) is 55.4 Å². The van der Waals surface area contributed by atoms with E-state index in [4.69, 9.17) is 27.9 Å². The largest absolute Gasteiger partial charge is 0.492 e. The summed E-state index contributed by atoms with van der Waals surface area (Å²) in [6.07, 6.45) is -4.48. The molecule has 2 aromatic rings. The third kappa shape index (κ3) is 5.24. The van der Waals surface area contributed by atoms with Gasteiger partial charge in [-0.1, -0.05) is 35.3 Å². The van der Waals surface area contributed by atoms with Gasteiger partial charge in [0, 0.05) is 6.54 Å². The molecule has 4 nitrogen and oxygen atoms in total. The molecule has 1 N–H and O–H groups in total. The van der Waals surface area contributed by atoms with Gasteiger partial charge in [-0.2, -0.15) is 13.2 Å². The number of ether oxygens (including phenoxy) is 1. The summed E-state index contributed by atoms with van der Waals surface area (Å²) in [5.74, 6) is -0.0187. The van der Waals surface area contributed by atoms with E-state index in [2.05, 4.69) is 4.72 Å². The number of halogens is 5. The highest BCUT2D eigenvalue weighted by molar-refractivity contribution is 7.89. The van der Waals surface area contributed by atoms with Crippen molar-refractivity contribution in [1.82, 2.24) is 4.72 Å². The SMILES string of the molecule is O=S(=O)(NCCOc1cccc(C(F)(F)F)c1)c1cccc(Cl)c1Cl. The molecule has 25 heavy (non-hydrogen) atoms. The van der Waals surface area contributed by atoms with Crippen LogP contribution in [0, 0.1) is 0 Å². The Hall–Kier alpha value is -1.48. The lowest BCUT2D eigenvalue weighted by atomic mass is 10.2. The summed E-state index contributed by atoms with van der Waals surface area (Å²) >= 11 is 11.6. The Morgan fingerprint density at radius 1 is 1.08 bits per heavy atom. The van der Waals surface area contributed by atoms with Crippen molar-refractivity contribution in [2.45, 2.75) is 11.1 Å². The highest BCUT2D eigenvalue weighted by Gasteiger charge is 2.30. The fraction of sp³-hybridized carbons (Fsp3) is 0.200. The van der Waals surface area contributed by atoms with Crippen LogP contribution in [0.5, 0.6) is 5.75 Å². The summed E-state index contributed by atoms with van der Waals surface area (Å²) in [5.41, 5.74) is -0.851. The molecule has 0 aliphatic carbocycles. The standard InChI is InChI=1S/C15H12Cl2F3NO3S/c16-12-5-2-6-13(14(12)17)25(22,23)21-7-8-24-11-4-1-3-10(9-11)15(18,19)20/h1-6,9,21H,7-8H2. The molecule has 0 heterocycles. The summed E-state index contributed by atoms with van der Waals surface area (Å²) in [6.45, 7) is -0.333. The van der Waals surface area contributed by atoms with Crippen molar-refractivity contribution in [3.05, 3.63) is 58.1 Å². The molecule has 0 spiro atoms. The Kier molecular flexibility index (Phi) is 6.21. The molecule has 2 aromatic carbocycles. The van der Waals surface area contributed by atoms with Gasteiger partial charge >= 0.3 is 6.18 Å². The second-order valence-corrected chi connectivity index (χ2v) is 7.34. The van der Waals surface area contributed by atoms with Crippen LogP contribution in [0.2, 0.25) is 10.0 Å². The fourth-order valence-corrected chi connectivity index (χ4v) is 3.65. The number of benzene rings is 2. The average Bonchev–Trinajstić information content (AvgIpc) is 2.53. The molecule has 0 radical (unpaired) electrons. The van der Waals surface area contributed by atoms with E-state index in [1.807, 2.05) is 0 Å². The summed E-state index contributed by atoms with van der Waals surface area (Å²) in [6, 6.07) is 8.45. The van der Waals surface area contributed by atoms with Crippen molar-refractivity contribution >= 4 is 33.2 Å². The van der Waals surface area contributed by atoms with Gasteiger partial charge in [-0.25, -0.2) is 13.1 Å². The molecule has 0 atom stereocenters. The molecule has 0 aliphatic rings. The molecular weight excluding hydrogens is 402 g/mol. The third-order valence-electron chi connectivity index (χ3n) is 3.03. The lowest BCUT2D eigenvalue weighted by Crippen LogP contribution is -2.28. The van der Waals surface area contributed by atoms with Crippen molar-refractivity contribution in [3.8, 4) is 5.75 Å². The van der Waals surface area contributed by atoms with Gasteiger partial charge in [0.15, 0.2) is 0 Å². The first-order valence-corrected chi connectivity index (χ1v) is 9.09. The van der Waals surface area contributed by atoms with Crippen LogP contribution in [0.4, 0.5) is 13.2 Å². The molecule has 136 valence electrons. The van der Waals surface area contributed by atoms with Gasteiger partial charge in [-0.05, 0) is 30.3 Å². The van der Waals surface area contributed by atoms with Crippen molar-refractivity contribution in [3.63, 3.8) is 0 Å². The zero-order valence-corrected chi connectivity index (χ0v) is 14.8. The Morgan fingerprint density at radius 3 is 2.44 bits per heavy atom. The van der Waals surface area contributed by atoms with Crippen LogP contribution in [0.1, 0.15) is 5.56 Å². The van der Waals surface area contributed by atoms with Crippen molar-refractivity contribution in [1.29, 1.82) is 0 Å². The minimum atomic E-state index is -4.48. The van der Waals surface area contributed by atoms with Gasteiger partial charge in [0.1, 0.15) is 17.3 Å². The average molecular weight is 414 g/mol. The number of hydrogen-bond donors (Lipinski definition) is 1. The lowest BCUT2D eigenvalue weighted by Gasteiger charge is -2.11. The van der Waals surface area contributed by atoms with Gasteiger partial charge in [-0.3, -0.25) is 0 Å². The van der Waals surface area contributed by atoms with Crippen molar-refractivity contribution in [2.75, 3.05) is 13.2 Å². The van der Waals surface area contributed by atoms with Gasteiger partial charge in [-0.15, -0.1) is 0 Å². The monoisotopic (exact) mass is 413 g/mol. The van der Waals surface area contributed by atoms with Crippen LogP contribution in [-0.2, 0) is 16.2 Å². The predicted octanol–water partition coefficient (Wildman–Crippen LogP) is 4.37. The Morgan fingerprint density at radius 2 is 1.76 bits per heavy atom. The number of alkyl halides is 3. The maximum absolute atomic E-state index is 12.6. The molecule has 0 saturated heterocycles. The molecule has 0 aliphatic heterocycles. The van der Waals surface area contributed by atoms with E-state index >= 15 is 0 Å². The Labute approximate surface area is 152 Å². The quantitative estimate of drug-likeness (QED) is 0.715. The van der Waals surface area contributed by atoms with Gasteiger partial charge in [0.05, 0.1) is 15.6 Å². The summed E-state index contributed by atoms with van der Waals surface area (Å²) < 4.78 is 69.5. The normalized spacial score (nSPS) is 12.2. The van der Waals surface area contributed by atoms with E-state index in [1.165, 1.54) is 30.3 Å². The first kappa shape index (κ1) is 19.8. The number of hydrogen-bond acceptors (Lipinski definition) is 3. The van der Waals surface area contributed by atoms with E-state index in [-0.39, 0.29) is 33.8 Å². The van der Waals surface area contributed by atoms with E-state index < -0.39 is 21.8 Å². The smallest absolute Gasteiger partial charge is 0.416 e. The molecule has 0 fully saturated rings. The molecule has 0 unspecified atom stereocenters. The van der Waals surface area contributed by atoms with Crippen LogP contribution >= 0.6 is 23.2 Å². The molecule has 0 bridgehead atoms. The van der Waals surface area contributed by atoms with Crippen LogP contribution in [0.15, 0.2) is 47.4 Å². The van der Waals surface area contributed by atoms with Crippen LogP contribution in [0.25, 0.3) is 0 Å². The number of sulfonamides is 1. The second-order valence-electron chi connectivity index (χ2n) is 4.82. The first-order valence-electron chi connectivity index (χ1n) is 6.85. The molecule has 10 heteroatoms. The Balaban J connectivity index is 1.96. The van der Waals surface area contributed by atoms with E-state index in [0.29, 0.717) is 0 Å². The second kappa shape index (κ2) is 7.82. The number of nitrogens with one attached hydrogen (secondary N) is 1. The summed E-state index contributed by atoms with van der Waals surface area (Å²) in [7, 11) is -3.93. The molecule has 2 rings (SSSR count). The van der Waals surface area contributed by atoms with Crippen molar-refractivity contribution < 1.29 is 26.3 Å². The molecule has 0 saturated carbocycles. The summed E-state index contributed by atoms with van der Waals surface area (Å²) in [4.78, 5) is -0.194. The third-order valence-corrected chi connectivity index (χ3v) is 5.46. The number of rotatable bonds is 6. The zero-order chi connectivity index (χ0) is 18.7. The minimum Gasteiger partial charge on any atom is -0.492 e. The molecular formula is C15H12Cl2F3NO3S. The van der Waals surface area contributed by atoms with Gasteiger partial charge in [0.2, 0.25) is 10.0 Å². The van der Waals surface area contributed by atoms with E-state index in [9.17, 15) is 21.6 Å². The highest BCUT2D eigenvalue weighted by atomic mass is 35.5. The first-order chi connectivity index (χ1) is 11.6. The minimum absolute atomic E-state index is 0.0187. The van der Waals surface area contributed by atoms with Crippen LogP contribution in [-0.4, -0.2) is 21.6 Å². The zero-order valence-electron chi connectivity index (χ0n) is 12.5. The van der Waals surface area contributed by atoms with Crippen LogP contribution in [0.3, 0.4) is 0 Å². The summed E-state index contributed by atoms with van der Waals surface area (Å²) in [5, 5.41) is -0.0276. The van der Waals surface area contributed by atoms with E-state index in [1.54, 1.807) is 0 Å². The predicted molar refractivity (Wildman–Crippen MR) is 88.6 cm³/mol. The molecule has 0 aromatic heterocycles. The van der Waals surface area contributed by atoms with Crippen molar-refractivity contribution in [2.24, 2.45) is 0 Å². The van der Waals surface area contributed by atoms with E-state index in [0.717, 1.165) is 12.1 Å². The Bertz CT molecular complexity index is 857. The van der Waals surface area contributed by atoms with Gasteiger partial charge in [0.25, 0.3) is 0 Å². The maximum Gasteiger partial charge on any atom is 0.416 e. The van der Waals surface area contributed by atoms with Crippen LogP contribution < -0.4 is 9.46 Å². The highest BCUT2D eigenvalue weighted by Crippen LogP contribution is 2.31. The maximum atomic E-state index is 12.6. The molecule has 0 amide bonds. The fourth-order valence-electron chi connectivity index (χ4n) is 1.88.